The third-order valence-corrected chi connectivity index (χ3v) is 5.08. The van der Waals surface area contributed by atoms with E-state index in [1.165, 1.54) is 38.9 Å². The maximum Gasteiger partial charge on any atom is 0.392 e. The van der Waals surface area contributed by atoms with E-state index < -0.39 is 18.5 Å². The highest BCUT2D eigenvalue weighted by Crippen LogP contribution is 2.24. The second kappa shape index (κ2) is 12.0. The Bertz CT molecular complexity index is 1340. The fourth-order valence-corrected chi connectivity index (χ4v) is 3.08. The lowest BCUT2D eigenvalue weighted by molar-refractivity contribution is -0.125. The second-order valence-electron chi connectivity index (χ2n) is 7.74. The van der Waals surface area contributed by atoms with E-state index in [-0.39, 0.29) is 23.8 Å². The average Bonchev–Trinajstić information content (AvgIpc) is 3.04. The van der Waals surface area contributed by atoms with E-state index in [4.69, 9.17) is 9.47 Å². The Morgan fingerprint density at radius 1 is 1.19 bits per heavy atom. The summed E-state index contributed by atoms with van der Waals surface area (Å²) in [5.74, 6) is -0.0769. The molecule has 0 fully saturated rings. The van der Waals surface area contributed by atoms with Crippen LogP contribution in [0.4, 0.5) is 19.0 Å². The van der Waals surface area contributed by atoms with Crippen molar-refractivity contribution in [3.05, 3.63) is 83.9 Å². The van der Waals surface area contributed by atoms with Crippen molar-refractivity contribution in [1.29, 1.82) is 0 Å². The van der Waals surface area contributed by atoms with Gasteiger partial charge < -0.3 is 20.1 Å². The number of methoxy groups -OCH3 is 2. The number of rotatable bonds is 9. The van der Waals surface area contributed by atoms with Gasteiger partial charge in [-0.1, -0.05) is 24.8 Å². The standard InChI is InChI=1S/C25H25F3N6O3/c1-15-5-8-18(32-23(35)17(7-6-16(2)36-3)11-12-25(26,27)28)9-10-19(15)33-22-21-20(30-14-31-22)13-29-24(34-21)37-4/h5-8,10-11,13-14H,2,9,12H2,1,3-4H3,(H,32,35)(H,30,31,33)/b7-6-,17-11+. The van der Waals surface area contributed by atoms with E-state index in [1.54, 1.807) is 12.2 Å². The third kappa shape index (κ3) is 7.75. The van der Waals surface area contributed by atoms with E-state index in [9.17, 15) is 18.0 Å². The normalized spacial score (nSPS) is 14.4. The quantitative estimate of drug-likeness (QED) is 0.282. The smallest absolute Gasteiger partial charge is 0.392 e. The van der Waals surface area contributed by atoms with Crippen molar-refractivity contribution in [3.8, 4) is 6.01 Å². The van der Waals surface area contributed by atoms with Crippen LogP contribution in [0.1, 0.15) is 19.8 Å². The summed E-state index contributed by atoms with van der Waals surface area (Å²) in [6.45, 7) is 5.43. The number of nitrogens with one attached hydrogen (secondary N) is 2. The Hall–Kier alpha value is -4.48. The number of hydrogen-bond acceptors (Lipinski definition) is 8. The molecule has 0 saturated heterocycles. The minimum Gasteiger partial charge on any atom is -0.497 e. The van der Waals surface area contributed by atoms with Crippen molar-refractivity contribution in [1.82, 2.24) is 25.3 Å². The molecule has 9 nitrogen and oxygen atoms in total. The van der Waals surface area contributed by atoms with Gasteiger partial charge in [0, 0.05) is 23.4 Å². The van der Waals surface area contributed by atoms with Crippen molar-refractivity contribution < 1.29 is 27.4 Å². The molecule has 0 aromatic carbocycles. The number of anilines is 1. The molecule has 1 amide bonds. The molecule has 0 aliphatic heterocycles. The van der Waals surface area contributed by atoms with E-state index >= 15 is 0 Å². The zero-order valence-corrected chi connectivity index (χ0v) is 20.4. The van der Waals surface area contributed by atoms with Gasteiger partial charge in [-0.25, -0.2) is 15.0 Å². The van der Waals surface area contributed by atoms with Crippen LogP contribution in [0, 0.1) is 0 Å². The summed E-state index contributed by atoms with van der Waals surface area (Å²) in [6, 6.07) is 0.164. The number of alkyl halides is 3. The Labute approximate surface area is 211 Å². The van der Waals surface area contributed by atoms with Gasteiger partial charge in [-0.2, -0.15) is 18.2 Å². The number of aromatic nitrogens is 4. The van der Waals surface area contributed by atoms with Crippen LogP contribution in [0.15, 0.2) is 83.9 Å². The van der Waals surface area contributed by atoms with Crippen LogP contribution >= 0.6 is 0 Å². The molecule has 2 aromatic heterocycles. The molecule has 194 valence electrons. The predicted octanol–water partition coefficient (Wildman–Crippen LogP) is 4.67. The number of fused-ring (bicyclic) bond motifs is 1. The predicted molar refractivity (Wildman–Crippen MR) is 132 cm³/mol. The zero-order chi connectivity index (χ0) is 27.0. The van der Waals surface area contributed by atoms with E-state index in [0.717, 1.165) is 11.6 Å². The van der Waals surface area contributed by atoms with Gasteiger partial charge in [0.25, 0.3) is 5.91 Å². The van der Waals surface area contributed by atoms with Gasteiger partial charge >= 0.3 is 12.2 Å². The fourth-order valence-electron chi connectivity index (χ4n) is 3.08. The monoisotopic (exact) mass is 514 g/mol. The highest BCUT2D eigenvalue weighted by atomic mass is 19.4. The highest BCUT2D eigenvalue weighted by molar-refractivity contribution is 5.97. The lowest BCUT2D eigenvalue weighted by Gasteiger charge is -2.12. The summed E-state index contributed by atoms with van der Waals surface area (Å²) in [6.07, 6.45) is 6.09. The number of halogens is 3. The summed E-state index contributed by atoms with van der Waals surface area (Å²) >= 11 is 0. The topological polar surface area (TPSA) is 111 Å². The maximum absolute atomic E-state index is 12.8. The van der Waals surface area contributed by atoms with Crippen LogP contribution in [0.25, 0.3) is 11.0 Å². The number of hydrogen-bond donors (Lipinski definition) is 2. The third-order valence-electron chi connectivity index (χ3n) is 5.08. The molecular formula is C25H25F3N6O3. The minimum atomic E-state index is -4.46. The fraction of sp³-hybridized carbons (Fsp3) is 0.240. The molecule has 2 heterocycles. The van der Waals surface area contributed by atoms with Gasteiger partial charge in [-0.3, -0.25) is 4.79 Å². The number of allylic oxidation sites excluding steroid dienone is 6. The van der Waals surface area contributed by atoms with E-state index in [0.29, 0.717) is 28.2 Å². The van der Waals surface area contributed by atoms with Crippen molar-refractivity contribution in [2.45, 2.75) is 25.9 Å². The van der Waals surface area contributed by atoms with Gasteiger partial charge in [0.05, 0.1) is 26.8 Å². The van der Waals surface area contributed by atoms with Crippen LogP contribution in [-0.2, 0) is 9.53 Å². The molecule has 12 heteroatoms. The number of amides is 1. The van der Waals surface area contributed by atoms with Crippen molar-refractivity contribution >= 4 is 22.8 Å². The molecule has 0 spiro atoms. The van der Waals surface area contributed by atoms with Crippen LogP contribution in [0.2, 0.25) is 0 Å². The zero-order valence-electron chi connectivity index (χ0n) is 20.4. The van der Waals surface area contributed by atoms with Gasteiger partial charge in [0.2, 0.25) is 0 Å². The Balaban J connectivity index is 1.79. The SMILES string of the molecule is C=C(/C=C\C(=C/CC(F)(F)F)C(=O)NC1=CC=C(C)C(Nc2ncnc3cnc(OC)nc23)=CC1)OC. The summed E-state index contributed by atoms with van der Waals surface area (Å²) in [5.41, 5.74) is 2.79. The molecule has 37 heavy (non-hydrogen) atoms. The molecule has 2 N–H and O–H groups in total. The van der Waals surface area contributed by atoms with Gasteiger partial charge in [0.1, 0.15) is 23.1 Å². The summed E-state index contributed by atoms with van der Waals surface area (Å²) in [4.78, 5) is 29.6. The van der Waals surface area contributed by atoms with E-state index in [1.807, 2.05) is 13.0 Å². The Kier molecular flexibility index (Phi) is 8.77. The van der Waals surface area contributed by atoms with Crippen LogP contribution in [-0.4, -0.2) is 46.2 Å². The molecule has 1 aliphatic rings. The first-order valence-corrected chi connectivity index (χ1v) is 11.0. The molecule has 0 bridgehead atoms. The Morgan fingerprint density at radius 3 is 2.68 bits per heavy atom. The van der Waals surface area contributed by atoms with Gasteiger partial charge in [-0.15, -0.1) is 0 Å². The first-order valence-electron chi connectivity index (χ1n) is 11.0. The number of carbonyl (C=O) groups is 1. The van der Waals surface area contributed by atoms with Crippen molar-refractivity contribution in [3.63, 3.8) is 0 Å². The van der Waals surface area contributed by atoms with E-state index in [2.05, 4.69) is 37.1 Å². The van der Waals surface area contributed by atoms with Crippen molar-refractivity contribution in [2.75, 3.05) is 19.5 Å². The molecule has 0 saturated carbocycles. The van der Waals surface area contributed by atoms with Crippen LogP contribution in [0.5, 0.6) is 6.01 Å². The molecule has 0 unspecified atom stereocenters. The first-order chi connectivity index (χ1) is 17.6. The van der Waals surface area contributed by atoms with Crippen LogP contribution in [0.3, 0.4) is 0 Å². The number of carbonyl (C=O) groups excluding carboxylic acids is 1. The lowest BCUT2D eigenvalue weighted by atomic mass is 10.1. The number of ether oxygens (including phenoxy) is 2. The summed E-state index contributed by atoms with van der Waals surface area (Å²) in [7, 11) is 2.82. The number of nitrogens with zero attached hydrogens (tertiary/aromatic N) is 4. The Morgan fingerprint density at radius 2 is 1.97 bits per heavy atom. The van der Waals surface area contributed by atoms with Gasteiger partial charge in [0.15, 0.2) is 5.82 Å². The highest BCUT2D eigenvalue weighted by Gasteiger charge is 2.26. The van der Waals surface area contributed by atoms with Crippen molar-refractivity contribution in [2.24, 2.45) is 0 Å². The summed E-state index contributed by atoms with van der Waals surface area (Å²) < 4.78 is 48.3. The largest absolute Gasteiger partial charge is 0.497 e. The second-order valence-corrected chi connectivity index (χ2v) is 7.74. The van der Waals surface area contributed by atoms with Gasteiger partial charge in [-0.05, 0) is 30.7 Å². The molecular weight excluding hydrogens is 489 g/mol. The molecule has 0 radical (unpaired) electrons. The summed E-state index contributed by atoms with van der Waals surface area (Å²) in [5, 5.41) is 5.89. The molecule has 1 aliphatic carbocycles. The van der Waals surface area contributed by atoms with Crippen LogP contribution < -0.4 is 15.4 Å². The maximum atomic E-state index is 12.8. The lowest BCUT2D eigenvalue weighted by Crippen LogP contribution is -2.24. The average molecular weight is 515 g/mol. The molecule has 0 atom stereocenters. The minimum absolute atomic E-state index is 0.164. The first kappa shape index (κ1) is 27.1. The molecule has 3 rings (SSSR count). The molecule has 2 aromatic rings.